The minimum atomic E-state index is -0.245. The zero-order valence-electron chi connectivity index (χ0n) is 35.8. The molecule has 0 aliphatic heterocycles. The minimum absolute atomic E-state index is 0. The molecule has 0 spiro atoms. The summed E-state index contributed by atoms with van der Waals surface area (Å²) in [4.78, 5) is 15.7. The van der Waals surface area contributed by atoms with Crippen LogP contribution in [0.2, 0.25) is 0 Å². The van der Waals surface area contributed by atoms with E-state index in [1.807, 2.05) is 72.8 Å². The van der Waals surface area contributed by atoms with Gasteiger partial charge in [0.05, 0.1) is 0 Å². The Balaban J connectivity index is -0.000000367. The Labute approximate surface area is 420 Å². The molecule has 4 radical (unpaired) electrons. The Hall–Kier alpha value is -4.36. The molecule has 16 heteroatoms. The second kappa shape index (κ2) is 42.6. The summed E-state index contributed by atoms with van der Waals surface area (Å²) in [6.07, 6.45) is 5.80. The van der Waals surface area contributed by atoms with Gasteiger partial charge >= 0.3 is 68.3 Å². The fourth-order valence-corrected chi connectivity index (χ4v) is 4.57. The molecule has 0 aliphatic rings. The van der Waals surface area contributed by atoms with Gasteiger partial charge in [-0.1, -0.05) is 144 Å². The molecule has 4 rings (SSSR count). The van der Waals surface area contributed by atoms with E-state index in [9.17, 15) is 40.9 Å². The summed E-state index contributed by atoms with van der Waals surface area (Å²) in [5.41, 5.74) is 4.92. The van der Waals surface area contributed by atoms with Crippen molar-refractivity contribution in [3.05, 3.63) is 168 Å². The number of hydrogen-bond donors (Lipinski definition) is 0. The molecule has 0 heterocycles. The topological polar surface area (TPSA) is 234 Å². The fraction of sp³-hybridized carbons (Fsp3) is 0.250. The molecule has 0 fully saturated rings. The van der Waals surface area contributed by atoms with Gasteiger partial charge in [-0.25, -0.2) is 0 Å². The van der Waals surface area contributed by atoms with Gasteiger partial charge < -0.3 is 40.9 Å². The van der Waals surface area contributed by atoms with Gasteiger partial charge in [-0.3, -0.25) is 20.0 Å². The molecule has 12 nitrogen and oxygen atoms in total. The molecule has 4 aromatic carbocycles. The molecule has 0 aliphatic carbocycles. The first-order chi connectivity index (χ1) is 28.9. The van der Waals surface area contributed by atoms with Gasteiger partial charge in [0, 0.05) is 49.0 Å². The van der Waals surface area contributed by atoms with Gasteiger partial charge in [-0.2, -0.15) is 0 Å². The third-order valence-electron chi connectivity index (χ3n) is 7.40. The maximum atomic E-state index is 11.6. The van der Waals surface area contributed by atoms with Crippen molar-refractivity contribution in [2.45, 2.75) is 27.7 Å². The van der Waals surface area contributed by atoms with Crippen molar-refractivity contribution in [1.82, 2.24) is 0 Å². The monoisotopic (exact) mass is 1060 g/mol. The normalized spacial score (nSPS) is 12.1. The molecule has 0 saturated carbocycles. The van der Waals surface area contributed by atoms with E-state index in [1.54, 1.807) is 76.2 Å². The summed E-state index contributed by atoms with van der Waals surface area (Å²) in [5, 5.41) is 87.2. The van der Waals surface area contributed by atoms with Gasteiger partial charge in [0.2, 0.25) is 0 Å². The first-order valence-electron chi connectivity index (χ1n) is 19.1. The third kappa shape index (κ3) is 32.3. The molecule has 356 valence electrons. The molecule has 0 atom stereocenters. The Morgan fingerprint density at radius 3 is 0.625 bits per heavy atom. The SMILES string of the molecule is CC(/C=C(\[O-])c1ccccc1)=NCC[O-].CC(/C=C(\[O-])c1ccccc1)=NCC[O-].CC(/C=C(\[O-])c1ccccc1)=NCC[O-].CC(/C=C(\[O-])c1ccccc1)=NCC[O-].[Cu+2].[Cu+2].[Cu+2].[Cu+2]. The van der Waals surface area contributed by atoms with E-state index in [0.29, 0.717) is 45.1 Å². The van der Waals surface area contributed by atoms with Gasteiger partial charge in [-0.05, 0) is 74.3 Å². The number of nitrogens with zero attached hydrogens (tertiary/aromatic N) is 4. The van der Waals surface area contributed by atoms with Crippen LogP contribution in [-0.2, 0) is 68.3 Å². The first kappa shape index (κ1) is 66.2. The summed E-state index contributed by atoms with van der Waals surface area (Å²) < 4.78 is 0. The maximum absolute atomic E-state index is 11.6. The number of aliphatic imine (C=N–C) groups is 4. The van der Waals surface area contributed by atoms with Gasteiger partial charge in [-0.15, -0.1) is 26.4 Å². The molecular weight excluding hydrogens is 1010 g/mol. The second-order valence-corrected chi connectivity index (χ2v) is 12.4. The van der Waals surface area contributed by atoms with E-state index >= 15 is 0 Å². The van der Waals surface area contributed by atoms with Crippen molar-refractivity contribution in [2.24, 2.45) is 20.0 Å². The van der Waals surface area contributed by atoms with Gasteiger partial charge in [0.15, 0.2) is 0 Å². The summed E-state index contributed by atoms with van der Waals surface area (Å²) in [6, 6.07) is 35.9. The molecule has 0 unspecified atom stereocenters. The van der Waals surface area contributed by atoms with Crippen LogP contribution in [0.4, 0.5) is 0 Å². The van der Waals surface area contributed by atoms with Gasteiger partial charge in [0.25, 0.3) is 0 Å². The van der Waals surface area contributed by atoms with E-state index in [4.69, 9.17) is 0 Å². The molecule has 4 aromatic rings. The average Bonchev–Trinajstić information content (AvgIpc) is 3.28. The number of benzene rings is 4. The predicted octanol–water partition coefficient (Wildman–Crippen LogP) is 0.826. The minimum Gasteiger partial charge on any atom is -0.872 e. The Morgan fingerprint density at radius 2 is 0.484 bits per heavy atom. The van der Waals surface area contributed by atoms with Crippen LogP contribution in [0.25, 0.3) is 23.0 Å². The maximum Gasteiger partial charge on any atom is 2.00 e. The van der Waals surface area contributed by atoms with Crippen LogP contribution in [0, 0.1) is 0 Å². The van der Waals surface area contributed by atoms with Crippen LogP contribution in [0.1, 0.15) is 49.9 Å². The predicted molar refractivity (Wildman–Crippen MR) is 229 cm³/mol. The average molecular weight is 1070 g/mol. The van der Waals surface area contributed by atoms with Gasteiger partial charge in [0.1, 0.15) is 0 Å². The van der Waals surface area contributed by atoms with Crippen LogP contribution >= 0.6 is 0 Å². The largest absolute Gasteiger partial charge is 2.00 e. The molecule has 0 bridgehead atoms. The third-order valence-corrected chi connectivity index (χ3v) is 7.40. The standard InChI is InChI=1S/4C12H14NO2.4Cu/c4*1-10(13-7-8-14)9-12(15)11-5-3-2-4-6-11;;;;/h4*2-6,9,15H,7-8H2,1H3;;;;/q4*-1;4*+2/p-4/b4*12-9-,13-10?;;;;. The molecule has 64 heavy (non-hydrogen) atoms. The van der Waals surface area contributed by atoms with E-state index in [-0.39, 0.29) is 144 Å². The summed E-state index contributed by atoms with van der Waals surface area (Å²) in [7, 11) is 0. The van der Waals surface area contributed by atoms with Crippen LogP contribution in [0.3, 0.4) is 0 Å². The van der Waals surface area contributed by atoms with Crippen molar-refractivity contribution < 1.29 is 109 Å². The molecular formula is C48H52Cu4N4O8. The Bertz CT molecular complexity index is 1740. The van der Waals surface area contributed by atoms with Crippen LogP contribution < -0.4 is 40.9 Å². The number of allylic oxidation sites excluding steroid dienone is 4. The second-order valence-electron chi connectivity index (χ2n) is 12.4. The van der Waals surface area contributed by atoms with Crippen LogP contribution in [0.15, 0.2) is 166 Å². The first-order valence-corrected chi connectivity index (χ1v) is 19.1. The molecule has 0 amide bonds. The van der Waals surface area contributed by atoms with Crippen LogP contribution in [0.5, 0.6) is 0 Å². The molecule has 0 saturated heterocycles. The summed E-state index contributed by atoms with van der Waals surface area (Å²) in [6.45, 7) is 6.80. The quantitative estimate of drug-likeness (QED) is 0.0884. The Kier molecular flexibility index (Phi) is 44.1. The molecule has 0 N–H and O–H groups in total. The smallest absolute Gasteiger partial charge is 0.872 e. The fourth-order valence-electron chi connectivity index (χ4n) is 4.57. The van der Waals surface area contributed by atoms with E-state index < -0.39 is 0 Å². The van der Waals surface area contributed by atoms with E-state index in [2.05, 4.69) is 20.0 Å². The number of hydrogen-bond acceptors (Lipinski definition) is 12. The molecule has 0 aromatic heterocycles. The van der Waals surface area contributed by atoms with Crippen molar-refractivity contribution in [1.29, 1.82) is 0 Å². The number of rotatable bonds is 16. The van der Waals surface area contributed by atoms with Crippen molar-refractivity contribution >= 4 is 45.9 Å². The summed E-state index contributed by atoms with van der Waals surface area (Å²) >= 11 is 0. The van der Waals surface area contributed by atoms with E-state index in [1.165, 1.54) is 24.3 Å². The van der Waals surface area contributed by atoms with Crippen LogP contribution in [-0.4, -0.2) is 75.5 Å². The van der Waals surface area contributed by atoms with Crippen molar-refractivity contribution in [3.63, 3.8) is 0 Å². The zero-order valence-corrected chi connectivity index (χ0v) is 39.5. The van der Waals surface area contributed by atoms with Crippen molar-refractivity contribution in [3.8, 4) is 0 Å². The zero-order chi connectivity index (χ0) is 44.4. The van der Waals surface area contributed by atoms with Crippen molar-refractivity contribution in [2.75, 3.05) is 52.6 Å². The Morgan fingerprint density at radius 1 is 0.328 bits per heavy atom. The van der Waals surface area contributed by atoms with E-state index in [0.717, 1.165) is 0 Å². The summed E-state index contributed by atoms with van der Waals surface area (Å²) in [5.74, 6) is -0.323.